The molecule has 3 rings (SSSR count). The molecule has 3 nitrogen and oxygen atoms in total. The smallest absolute Gasteiger partial charge is 0.124 e. The largest absolute Gasteiger partial charge is 0.492 e. The molecule has 0 bridgehead atoms. The standard InChI is InChI=1S/C17H26N2O/c1-19(13-8-4-2-3-5-9-13)15-12-20-16-11-7-6-10-14(16)17(15)18/h6-7,10-11,13,15,17H,2-5,8-9,12,18H2,1H3. The van der Waals surface area contributed by atoms with Crippen molar-refractivity contribution in [2.24, 2.45) is 5.73 Å². The van der Waals surface area contributed by atoms with Crippen LogP contribution in [0.15, 0.2) is 24.3 Å². The van der Waals surface area contributed by atoms with E-state index >= 15 is 0 Å². The van der Waals surface area contributed by atoms with Gasteiger partial charge in [-0.2, -0.15) is 0 Å². The SMILES string of the molecule is CN(C1CCCCCC1)C1COc2ccccc2C1N. The summed E-state index contributed by atoms with van der Waals surface area (Å²) in [5, 5.41) is 0. The van der Waals surface area contributed by atoms with E-state index < -0.39 is 0 Å². The number of nitrogens with two attached hydrogens (primary N) is 1. The second kappa shape index (κ2) is 6.15. The highest BCUT2D eigenvalue weighted by molar-refractivity contribution is 5.38. The van der Waals surface area contributed by atoms with Crippen LogP contribution in [0.3, 0.4) is 0 Å². The van der Waals surface area contributed by atoms with Crippen LogP contribution >= 0.6 is 0 Å². The molecule has 3 heteroatoms. The molecule has 1 heterocycles. The molecule has 0 saturated heterocycles. The average molecular weight is 274 g/mol. The predicted octanol–water partition coefficient (Wildman–Crippen LogP) is 3.10. The highest BCUT2D eigenvalue weighted by Gasteiger charge is 2.33. The van der Waals surface area contributed by atoms with Gasteiger partial charge in [0.25, 0.3) is 0 Å². The quantitative estimate of drug-likeness (QED) is 0.842. The summed E-state index contributed by atoms with van der Waals surface area (Å²) >= 11 is 0. The second-order valence-electron chi connectivity index (χ2n) is 6.25. The van der Waals surface area contributed by atoms with Crippen LogP contribution in [0, 0.1) is 0 Å². The Hall–Kier alpha value is -1.06. The number of likely N-dealkylation sites (N-methyl/N-ethyl adjacent to an activating group) is 1. The molecule has 2 atom stereocenters. The number of hydrogen-bond acceptors (Lipinski definition) is 3. The van der Waals surface area contributed by atoms with Gasteiger partial charge < -0.3 is 10.5 Å². The molecule has 2 aliphatic rings. The fraction of sp³-hybridized carbons (Fsp3) is 0.647. The molecule has 1 aliphatic heterocycles. The van der Waals surface area contributed by atoms with Gasteiger partial charge in [0.15, 0.2) is 0 Å². The monoisotopic (exact) mass is 274 g/mol. The number of rotatable bonds is 2. The number of para-hydroxylation sites is 1. The van der Waals surface area contributed by atoms with E-state index in [1.165, 1.54) is 38.5 Å². The molecule has 1 fully saturated rings. The first-order chi connectivity index (χ1) is 9.77. The van der Waals surface area contributed by atoms with Crippen LogP contribution in [0.2, 0.25) is 0 Å². The minimum atomic E-state index is 0.0632. The Morgan fingerprint density at radius 3 is 2.55 bits per heavy atom. The highest BCUT2D eigenvalue weighted by atomic mass is 16.5. The maximum atomic E-state index is 6.52. The molecule has 1 aromatic carbocycles. The molecule has 0 aromatic heterocycles. The van der Waals surface area contributed by atoms with Crippen LogP contribution < -0.4 is 10.5 Å². The lowest BCUT2D eigenvalue weighted by Crippen LogP contribution is -2.50. The zero-order valence-electron chi connectivity index (χ0n) is 12.4. The topological polar surface area (TPSA) is 38.5 Å². The Morgan fingerprint density at radius 1 is 1.10 bits per heavy atom. The highest BCUT2D eigenvalue weighted by Crippen LogP contribution is 2.34. The van der Waals surface area contributed by atoms with E-state index in [4.69, 9.17) is 10.5 Å². The Kier molecular flexibility index (Phi) is 4.27. The van der Waals surface area contributed by atoms with E-state index in [1.807, 2.05) is 12.1 Å². The molecule has 1 aromatic rings. The number of fused-ring (bicyclic) bond motifs is 1. The van der Waals surface area contributed by atoms with E-state index in [9.17, 15) is 0 Å². The zero-order chi connectivity index (χ0) is 13.9. The molecule has 2 unspecified atom stereocenters. The maximum Gasteiger partial charge on any atom is 0.124 e. The molecule has 0 spiro atoms. The van der Waals surface area contributed by atoms with Gasteiger partial charge in [-0.3, -0.25) is 4.90 Å². The van der Waals surface area contributed by atoms with Crippen LogP contribution in [0.5, 0.6) is 5.75 Å². The second-order valence-corrected chi connectivity index (χ2v) is 6.25. The molecule has 110 valence electrons. The lowest BCUT2D eigenvalue weighted by Gasteiger charge is -2.40. The van der Waals surface area contributed by atoms with Gasteiger partial charge in [-0.25, -0.2) is 0 Å². The third-order valence-corrected chi connectivity index (χ3v) is 5.03. The van der Waals surface area contributed by atoms with E-state index in [0.717, 1.165) is 11.3 Å². The van der Waals surface area contributed by atoms with Gasteiger partial charge in [-0.1, -0.05) is 43.9 Å². The number of nitrogens with zero attached hydrogens (tertiary/aromatic N) is 1. The maximum absolute atomic E-state index is 6.52. The Morgan fingerprint density at radius 2 is 1.80 bits per heavy atom. The predicted molar refractivity (Wildman–Crippen MR) is 81.9 cm³/mol. The average Bonchev–Trinajstić information content (AvgIpc) is 2.76. The van der Waals surface area contributed by atoms with Gasteiger partial charge in [-0.05, 0) is 26.0 Å². The van der Waals surface area contributed by atoms with Gasteiger partial charge in [0.2, 0.25) is 0 Å². The minimum absolute atomic E-state index is 0.0632. The number of hydrogen-bond donors (Lipinski definition) is 1. The molecule has 1 saturated carbocycles. The Balaban J connectivity index is 1.74. The fourth-order valence-electron chi connectivity index (χ4n) is 3.68. The summed E-state index contributed by atoms with van der Waals surface area (Å²) in [4.78, 5) is 2.49. The van der Waals surface area contributed by atoms with E-state index in [-0.39, 0.29) is 6.04 Å². The van der Waals surface area contributed by atoms with Gasteiger partial charge in [-0.15, -0.1) is 0 Å². The minimum Gasteiger partial charge on any atom is -0.492 e. The summed E-state index contributed by atoms with van der Waals surface area (Å²) in [5.41, 5.74) is 7.67. The van der Waals surface area contributed by atoms with Crippen LogP contribution in [0.4, 0.5) is 0 Å². The first-order valence-electron chi connectivity index (χ1n) is 7.96. The Bertz CT molecular complexity index is 440. The van der Waals surface area contributed by atoms with Gasteiger partial charge in [0.05, 0.1) is 12.1 Å². The van der Waals surface area contributed by atoms with Gasteiger partial charge in [0, 0.05) is 11.6 Å². The summed E-state index contributed by atoms with van der Waals surface area (Å²) in [6.07, 6.45) is 8.10. The number of ether oxygens (including phenoxy) is 1. The van der Waals surface area contributed by atoms with Crippen molar-refractivity contribution in [1.29, 1.82) is 0 Å². The van der Waals surface area contributed by atoms with Crippen molar-refractivity contribution in [3.8, 4) is 5.75 Å². The third kappa shape index (κ3) is 2.70. The van der Waals surface area contributed by atoms with E-state index in [1.54, 1.807) is 0 Å². The molecule has 2 N–H and O–H groups in total. The fourth-order valence-corrected chi connectivity index (χ4v) is 3.68. The van der Waals surface area contributed by atoms with E-state index in [0.29, 0.717) is 18.7 Å². The van der Waals surface area contributed by atoms with Crippen LogP contribution in [-0.2, 0) is 0 Å². The lowest BCUT2D eigenvalue weighted by atomic mass is 9.94. The molecular weight excluding hydrogens is 248 g/mol. The van der Waals surface area contributed by atoms with Gasteiger partial charge in [0.1, 0.15) is 12.4 Å². The van der Waals surface area contributed by atoms with Crippen molar-refractivity contribution in [2.45, 2.75) is 56.7 Å². The molecule has 0 radical (unpaired) electrons. The van der Waals surface area contributed by atoms with Crippen LogP contribution in [0.1, 0.15) is 50.1 Å². The van der Waals surface area contributed by atoms with Crippen LogP contribution in [0.25, 0.3) is 0 Å². The summed E-state index contributed by atoms with van der Waals surface area (Å²) in [5.74, 6) is 0.963. The summed E-state index contributed by atoms with van der Waals surface area (Å²) in [7, 11) is 2.23. The van der Waals surface area contributed by atoms with Crippen molar-refractivity contribution in [3.05, 3.63) is 29.8 Å². The normalized spacial score (nSPS) is 27.8. The van der Waals surface area contributed by atoms with Crippen molar-refractivity contribution in [3.63, 3.8) is 0 Å². The van der Waals surface area contributed by atoms with E-state index in [2.05, 4.69) is 24.1 Å². The third-order valence-electron chi connectivity index (χ3n) is 5.03. The molecule has 0 amide bonds. The molecular formula is C17H26N2O. The van der Waals surface area contributed by atoms with Crippen molar-refractivity contribution in [2.75, 3.05) is 13.7 Å². The first kappa shape index (κ1) is 13.9. The van der Waals surface area contributed by atoms with Crippen LogP contribution in [-0.4, -0.2) is 30.6 Å². The molecule has 1 aliphatic carbocycles. The number of benzene rings is 1. The zero-order valence-corrected chi connectivity index (χ0v) is 12.4. The van der Waals surface area contributed by atoms with Crippen molar-refractivity contribution < 1.29 is 4.74 Å². The van der Waals surface area contributed by atoms with Gasteiger partial charge >= 0.3 is 0 Å². The summed E-state index contributed by atoms with van der Waals surface area (Å²) < 4.78 is 5.93. The summed E-state index contributed by atoms with van der Waals surface area (Å²) in [6.45, 7) is 0.713. The van der Waals surface area contributed by atoms with Crippen molar-refractivity contribution in [1.82, 2.24) is 4.90 Å². The van der Waals surface area contributed by atoms with Crippen molar-refractivity contribution >= 4 is 0 Å². The first-order valence-corrected chi connectivity index (χ1v) is 7.96. The summed E-state index contributed by atoms with van der Waals surface area (Å²) in [6, 6.07) is 9.23. The Labute approximate surface area is 122 Å². The lowest BCUT2D eigenvalue weighted by molar-refractivity contribution is 0.0784. The molecule has 20 heavy (non-hydrogen) atoms.